The van der Waals surface area contributed by atoms with Gasteiger partial charge in [0.2, 0.25) is 5.91 Å². The number of carbonyl (C=O) groups is 1. The number of aliphatic hydroxyl groups excluding tert-OH is 2. The number of carbonyl (C=O) groups excluding carboxylic acids is 1. The summed E-state index contributed by atoms with van der Waals surface area (Å²) in [5, 5.41) is 21.7. The minimum atomic E-state index is -0.428. The zero-order chi connectivity index (χ0) is 12.3. The molecule has 3 N–H and O–H groups in total. The van der Waals surface area contributed by atoms with E-state index in [4.69, 9.17) is 0 Å². The molecule has 0 heterocycles. The highest BCUT2D eigenvalue weighted by atomic mass is 16.3. The summed E-state index contributed by atoms with van der Waals surface area (Å²) in [6.07, 6.45) is 2.11. The van der Waals surface area contributed by atoms with Crippen LogP contribution in [0.15, 0.2) is 0 Å². The molecule has 4 heteroatoms. The van der Waals surface area contributed by atoms with Crippen LogP contribution in [0.4, 0.5) is 0 Å². The molecule has 0 bridgehead atoms. The molecule has 1 aliphatic rings. The van der Waals surface area contributed by atoms with Crippen molar-refractivity contribution in [3.8, 4) is 0 Å². The molecule has 1 fully saturated rings. The Balaban J connectivity index is 2.56. The van der Waals surface area contributed by atoms with Gasteiger partial charge in [-0.15, -0.1) is 0 Å². The predicted molar refractivity (Wildman–Crippen MR) is 61.8 cm³/mol. The van der Waals surface area contributed by atoms with Crippen LogP contribution in [0.2, 0.25) is 0 Å². The molecule has 0 aromatic rings. The molecular weight excluding hydrogens is 206 g/mol. The van der Waals surface area contributed by atoms with Crippen molar-refractivity contribution in [3.05, 3.63) is 0 Å². The van der Waals surface area contributed by atoms with Gasteiger partial charge in [-0.2, -0.15) is 0 Å². The lowest BCUT2D eigenvalue weighted by Crippen LogP contribution is -2.47. The van der Waals surface area contributed by atoms with Crippen molar-refractivity contribution in [1.29, 1.82) is 0 Å². The number of nitrogens with one attached hydrogen (secondary N) is 1. The molecule has 0 spiro atoms. The second-order valence-corrected chi connectivity index (χ2v) is 5.71. The predicted octanol–water partition coefficient (Wildman–Crippen LogP) is 0.671. The van der Waals surface area contributed by atoms with Gasteiger partial charge < -0.3 is 15.5 Å². The van der Waals surface area contributed by atoms with Crippen molar-refractivity contribution in [2.24, 2.45) is 11.3 Å². The van der Waals surface area contributed by atoms with Gasteiger partial charge in [0.25, 0.3) is 0 Å². The maximum absolute atomic E-state index is 11.9. The fourth-order valence-electron chi connectivity index (χ4n) is 2.14. The third-order valence-corrected chi connectivity index (χ3v) is 3.35. The lowest BCUT2D eigenvalue weighted by Gasteiger charge is -2.29. The van der Waals surface area contributed by atoms with Crippen LogP contribution < -0.4 is 5.32 Å². The first-order chi connectivity index (χ1) is 7.36. The minimum absolute atomic E-state index is 0.135. The summed E-state index contributed by atoms with van der Waals surface area (Å²) in [5.41, 5.74) is -0.262. The number of aliphatic hydroxyl groups is 2. The number of amides is 1. The highest BCUT2D eigenvalue weighted by Gasteiger charge is 2.34. The lowest BCUT2D eigenvalue weighted by atomic mass is 9.80. The van der Waals surface area contributed by atoms with Crippen LogP contribution in [0, 0.1) is 11.3 Å². The van der Waals surface area contributed by atoms with E-state index in [1.807, 2.05) is 20.8 Å². The van der Waals surface area contributed by atoms with Crippen LogP contribution in [-0.2, 0) is 4.79 Å². The molecule has 0 aromatic heterocycles. The van der Waals surface area contributed by atoms with Crippen molar-refractivity contribution in [3.63, 3.8) is 0 Å². The van der Waals surface area contributed by atoms with Crippen LogP contribution in [0.25, 0.3) is 0 Å². The summed E-state index contributed by atoms with van der Waals surface area (Å²) in [7, 11) is 0. The summed E-state index contributed by atoms with van der Waals surface area (Å²) in [4.78, 5) is 11.9. The zero-order valence-corrected chi connectivity index (χ0v) is 10.4. The standard InChI is InChI=1S/C12H23NO3/c1-12(2,3)8(7-14)11(16)13-9-5-4-6-10(9)15/h8-10,14-15H,4-7H2,1-3H3,(H,13,16). The third-order valence-electron chi connectivity index (χ3n) is 3.35. The Labute approximate surface area is 97.0 Å². The van der Waals surface area contributed by atoms with E-state index >= 15 is 0 Å². The Morgan fingerprint density at radius 1 is 1.44 bits per heavy atom. The number of hydrogen-bond donors (Lipinski definition) is 3. The maximum Gasteiger partial charge on any atom is 0.226 e. The second-order valence-electron chi connectivity index (χ2n) is 5.71. The van der Waals surface area contributed by atoms with Gasteiger partial charge >= 0.3 is 0 Å². The van der Waals surface area contributed by atoms with Crippen molar-refractivity contribution in [2.45, 2.75) is 52.2 Å². The Bertz CT molecular complexity index is 247. The highest BCUT2D eigenvalue weighted by Crippen LogP contribution is 2.27. The summed E-state index contributed by atoms with van der Waals surface area (Å²) < 4.78 is 0. The van der Waals surface area contributed by atoms with E-state index in [-0.39, 0.29) is 24.0 Å². The third kappa shape index (κ3) is 3.19. The van der Waals surface area contributed by atoms with Gasteiger partial charge in [-0.25, -0.2) is 0 Å². The summed E-state index contributed by atoms with van der Waals surface area (Å²) >= 11 is 0. The molecule has 16 heavy (non-hydrogen) atoms. The Kier molecular flexibility index (Phi) is 4.33. The molecule has 1 aliphatic carbocycles. The average molecular weight is 229 g/mol. The van der Waals surface area contributed by atoms with Crippen LogP contribution in [0.1, 0.15) is 40.0 Å². The Morgan fingerprint density at radius 3 is 2.44 bits per heavy atom. The van der Waals surface area contributed by atoms with E-state index in [1.54, 1.807) is 0 Å². The van der Waals surface area contributed by atoms with Crippen molar-refractivity contribution < 1.29 is 15.0 Å². The molecule has 4 nitrogen and oxygen atoms in total. The molecule has 1 amide bonds. The second kappa shape index (κ2) is 5.15. The summed E-state index contributed by atoms with van der Waals surface area (Å²) in [6.45, 7) is 5.63. The molecule has 3 atom stereocenters. The first kappa shape index (κ1) is 13.5. The average Bonchev–Trinajstić information content (AvgIpc) is 2.50. The smallest absolute Gasteiger partial charge is 0.226 e. The number of rotatable bonds is 3. The molecule has 1 rings (SSSR count). The van der Waals surface area contributed by atoms with Gasteiger partial charge in [-0.05, 0) is 24.7 Å². The van der Waals surface area contributed by atoms with Gasteiger partial charge in [-0.3, -0.25) is 4.79 Å². The van der Waals surface area contributed by atoms with Crippen molar-refractivity contribution in [2.75, 3.05) is 6.61 Å². The lowest BCUT2D eigenvalue weighted by molar-refractivity contribution is -0.131. The fraction of sp³-hybridized carbons (Fsp3) is 0.917. The maximum atomic E-state index is 11.9. The van der Waals surface area contributed by atoms with Gasteiger partial charge in [0.15, 0.2) is 0 Å². The molecule has 0 aliphatic heterocycles. The van der Waals surface area contributed by atoms with E-state index in [0.717, 1.165) is 19.3 Å². The van der Waals surface area contributed by atoms with E-state index in [1.165, 1.54) is 0 Å². The van der Waals surface area contributed by atoms with Crippen molar-refractivity contribution in [1.82, 2.24) is 5.32 Å². The first-order valence-electron chi connectivity index (χ1n) is 5.95. The van der Waals surface area contributed by atoms with E-state index in [9.17, 15) is 15.0 Å². The van der Waals surface area contributed by atoms with Gasteiger partial charge in [0.1, 0.15) is 0 Å². The van der Waals surface area contributed by atoms with Gasteiger partial charge in [0, 0.05) is 0 Å². The van der Waals surface area contributed by atoms with Crippen molar-refractivity contribution >= 4 is 5.91 Å². The molecule has 1 saturated carbocycles. The topological polar surface area (TPSA) is 69.6 Å². The van der Waals surface area contributed by atoms with Gasteiger partial charge in [-0.1, -0.05) is 20.8 Å². The van der Waals surface area contributed by atoms with Crippen LogP contribution in [-0.4, -0.2) is 34.9 Å². The largest absolute Gasteiger partial charge is 0.396 e. The van der Waals surface area contributed by atoms with Crippen LogP contribution in [0.5, 0.6) is 0 Å². The highest BCUT2D eigenvalue weighted by molar-refractivity contribution is 5.79. The monoisotopic (exact) mass is 229 g/mol. The van der Waals surface area contributed by atoms with E-state index < -0.39 is 12.0 Å². The van der Waals surface area contributed by atoms with E-state index in [0.29, 0.717) is 0 Å². The quantitative estimate of drug-likeness (QED) is 0.666. The van der Waals surface area contributed by atoms with Crippen LogP contribution in [0.3, 0.4) is 0 Å². The Hall–Kier alpha value is -0.610. The molecule has 0 aromatic carbocycles. The number of hydrogen-bond acceptors (Lipinski definition) is 3. The fourth-order valence-corrected chi connectivity index (χ4v) is 2.14. The molecule has 0 saturated heterocycles. The van der Waals surface area contributed by atoms with Crippen LogP contribution >= 0.6 is 0 Å². The summed E-state index contributed by atoms with van der Waals surface area (Å²) in [5.74, 6) is -0.568. The molecule has 94 valence electrons. The Morgan fingerprint density at radius 2 is 2.06 bits per heavy atom. The molecular formula is C12H23NO3. The zero-order valence-electron chi connectivity index (χ0n) is 10.4. The van der Waals surface area contributed by atoms with Gasteiger partial charge in [0.05, 0.1) is 24.7 Å². The first-order valence-corrected chi connectivity index (χ1v) is 5.95. The molecule has 3 unspecified atom stereocenters. The summed E-state index contributed by atoms with van der Waals surface area (Å²) in [6, 6.07) is -0.135. The normalized spacial score (nSPS) is 27.8. The SMILES string of the molecule is CC(C)(C)C(CO)C(=O)NC1CCCC1O. The minimum Gasteiger partial charge on any atom is -0.396 e. The van der Waals surface area contributed by atoms with E-state index in [2.05, 4.69) is 5.32 Å². The molecule has 0 radical (unpaired) electrons.